The molecular weight excluding hydrogens is 508 g/mol. The lowest BCUT2D eigenvalue weighted by Gasteiger charge is -2.18. The summed E-state index contributed by atoms with van der Waals surface area (Å²) in [5.74, 6) is 1.31. The number of hydrogen-bond donors (Lipinski definition) is 1. The number of nitrogens with one attached hydrogen (secondary N) is 1. The number of hydrazone groups is 1. The van der Waals surface area contributed by atoms with Crippen molar-refractivity contribution in [2.75, 3.05) is 14.2 Å². The monoisotopic (exact) mass is 532 g/mol. The van der Waals surface area contributed by atoms with E-state index < -0.39 is 11.9 Å². The summed E-state index contributed by atoms with van der Waals surface area (Å²) in [6.07, 6.45) is 5.87. The molecule has 1 N–H and O–H groups in total. The molecule has 33 heavy (non-hydrogen) atoms. The number of thiophene rings is 1. The van der Waals surface area contributed by atoms with Gasteiger partial charge in [-0.15, -0.1) is 11.3 Å². The normalized spacial score (nSPS) is 16.6. The molecule has 3 aromatic rings. The molecule has 0 bridgehead atoms. The molecule has 0 aliphatic heterocycles. The van der Waals surface area contributed by atoms with E-state index >= 15 is 0 Å². The first-order valence-corrected chi connectivity index (χ1v) is 12.2. The number of rotatable bonds is 6. The lowest BCUT2D eigenvalue weighted by molar-refractivity contribution is -0.123. The fraction of sp³-hybridized carbons (Fsp3) is 0.391. The van der Waals surface area contributed by atoms with Crippen LogP contribution in [-0.4, -0.2) is 35.9 Å². The van der Waals surface area contributed by atoms with E-state index in [0.29, 0.717) is 32.8 Å². The predicted octanol–water partition coefficient (Wildman–Crippen LogP) is 4.07. The number of hydrogen-bond acceptors (Lipinski definition) is 7. The third-order valence-corrected chi connectivity index (χ3v) is 7.63. The fourth-order valence-corrected chi connectivity index (χ4v) is 5.99. The molecule has 1 aromatic carbocycles. The molecule has 0 radical (unpaired) electrons. The standard InChI is InChI=1S/C23H25BrN4O4S/c1-12-5-6-15-18(7-12)33-22-19(15)23(30)28(11-25-22)13(2)21(29)27-26-10-14-8-16(24)20(32-4)17(9-14)31-3/h8-13H,5-7H2,1-4H3,(H,27,29)/b26-10-/t12-,13-/m0/s1. The molecule has 8 nitrogen and oxygen atoms in total. The minimum atomic E-state index is -0.762. The van der Waals surface area contributed by atoms with Crippen LogP contribution in [0.4, 0.5) is 0 Å². The summed E-state index contributed by atoms with van der Waals surface area (Å²) in [7, 11) is 3.10. The van der Waals surface area contributed by atoms with Crippen LogP contribution in [0.15, 0.2) is 32.8 Å². The molecule has 0 fully saturated rings. The number of carbonyl (C=O) groups is 1. The largest absolute Gasteiger partial charge is 0.493 e. The van der Waals surface area contributed by atoms with E-state index in [1.165, 1.54) is 22.0 Å². The van der Waals surface area contributed by atoms with Crippen molar-refractivity contribution in [2.24, 2.45) is 11.0 Å². The third kappa shape index (κ3) is 4.54. The highest BCUT2D eigenvalue weighted by Crippen LogP contribution is 2.36. The first-order valence-electron chi connectivity index (χ1n) is 10.6. The zero-order chi connectivity index (χ0) is 23.7. The number of methoxy groups -OCH3 is 2. The van der Waals surface area contributed by atoms with Gasteiger partial charge < -0.3 is 9.47 Å². The second kappa shape index (κ2) is 9.64. The minimum Gasteiger partial charge on any atom is -0.493 e. The van der Waals surface area contributed by atoms with E-state index in [1.54, 1.807) is 44.6 Å². The molecule has 2 heterocycles. The number of ether oxygens (including phenoxy) is 2. The quantitative estimate of drug-likeness (QED) is 0.381. The van der Waals surface area contributed by atoms with Crippen molar-refractivity contribution in [3.8, 4) is 11.5 Å². The van der Waals surface area contributed by atoms with Gasteiger partial charge in [-0.3, -0.25) is 14.2 Å². The van der Waals surface area contributed by atoms with Crippen molar-refractivity contribution in [1.82, 2.24) is 15.0 Å². The van der Waals surface area contributed by atoms with Gasteiger partial charge in [0.25, 0.3) is 11.5 Å². The zero-order valence-electron chi connectivity index (χ0n) is 18.8. The SMILES string of the molecule is COc1cc(/C=N\NC(=O)[C@H](C)n2cnc3sc4c(c3c2=O)CC[C@H](C)C4)cc(Br)c1OC. The summed E-state index contributed by atoms with van der Waals surface area (Å²) in [6, 6.07) is 2.77. The lowest BCUT2D eigenvalue weighted by atomic mass is 9.89. The summed E-state index contributed by atoms with van der Waals surface area (Å²) in [5, 5.41) is 4.70. The second-order valence-corrected chi connectivity index (χ2v) is 10.1. The van der Waals surface area contributed by atoms with Crippen molar-refractivity contribution in [2.45, 2.75) is 39.2 Å². The van der Waals surface area contributed by atoms with E-state index in [0.717, 1.165) is 29.7 Å². The maximum atomic E-state index is 13.2. The van der Waals surface area contributed by atoms with E-state index in [1.807, 2.05) is 0 Å². The summed E-state index contributed by atoms with van der Waals surface area (Å²) >= 11 is 5.02. The summed E-state index contributed by atoms with van der Waals surface area (Å²) < 4.78 is 12.7. The molecule has 10 heteroatoms. The Morgan fingerprint density at radius 2 is 2.18 bits per heavy atom. The zero-order valence-corrected chi connectivity index (χ0v) is 21.2. The molecule has 1 aliphatic rings. The molecule has 4 rings (SSSR count). The summed E-state index contributed by atoms with van der Waals surface area (Å²) in [6.45, 7) is 3.89. The molecular formula is C23H25BrN4O4S. The Morgan fingerprint density at radius 1 is 1.39 bits per heavy atom. The van der Waals surface area contributed by atoms with Gasteiger partial charge in [0.15, 0.2) is 11.5 Å². The first-order chi connectivity index (χ1) is 15.8. The van der Waals surface area contributed by atoms with Crippen LogP contribution < -0.4 is 20.5 Å². The Morgan fingerprint density at radius 3 is 2.91 bits per heavy atom. The number of benzene rings is 1. The van der Waals surface area contributed by atoms with Crippen molar-refractivity contribution < 1.29 is 14.3 Å². The predicted molar refractivity (Wildman–Crippen MR) is 133 cm³/mol. The number of aromatic nitrogens is 2. The van der Waals surface area contributed by atoms with Crippen LogP contribution in [-0.2, 0) is 17.6 Å². The van der Waals surface area contributed by atoms with E-state index in [4.69, 9.17) is 9.47 Å². The third-order valence-electron chi connectivity index (χ3n) is 5.88. The topological polar surface area (TPSA) is 94.8 Å². The van der Waals surface area contributed by atoms with Crippen LogP contribution in [0.1, 0.15) is 42.3 Å². The van der Waals surface area contributed by atoms with Gasteiger partial charge in [0, 0.05) is 4.88 Å². The molecule has 1 aliphatic carbocycles. The molecule has 0 saturated heterocycles. The van der Waals surface area contributed by atoms with Gasteiger partial charge in [-0.2, -0.15) is 5.10 Å². The van der Waals surface area contributed by atoms with Crippen LogP contribution in [0.25, 0.3) is 10.2 Å². The van der Waals surface area contributed by atoms with Crippen molar-refractivity contribution >= 4 is 49.6 Å². The van der Waals surface area contributed by atoms with E-state index in [9.17, 15) is 9.59 Å². The highest BCUT2D eigenvalue weighted by Gasteiger charge is 2.25. The maximum Gasteiger partial charge on any atom is 0.263 e. The molecule has 2 atom stereocenters. The summed E-state index contributed by atoms with van der Waals surface area (Å²) in [5.41, 5.74) is 4.13. The van der Waals surface area contributed by atoms with Gasteiger partial charge in [0.2, 0.25) is 0 Å². The highest BCUT2D eigenvalue weighted by atomic mass is 79.9. The molecule has 0 unspecified atom stereocenters. The Labute approximate surface area is 203 Å². The van der Waals surface area contributed by atoms with Crippen LogP contribution >= 0.6 is 27.3 Å². The number of aryl methyl sites for hydroxylation is 1. The average Bonchev–Trinajstić information content (AvgIpc) is 3.16. The van der Waals surface area contributed by atoms with Gasteiger partial charge in [-0.25, -0.2) is 10.4 Å². The first kappa shape index (κ1) is 23.4. The van der Waals surface area contributed by atoms with Crippen LogP contribution in [0.3, 0.4) is 0 Å². The van der Waals surface area contributed by atoms with Gasteiger partial charge in [0.05, 0.1) is 36.6 Å². The van der Waals surface area contributed by atoms with Gasteiger partial charge in [-0.05, 0) is 71.3 Å². The number of fused-ring (bicyclic) bond motifs is 3. The van der Waals surface area contributed by atoms with Crippen molar-refractivity contribution in [3.63, 3.8) is 0 Å². The molecule has 1 amide bonds. The van der Waals surface area contributed by atoms with Gasteiger partial charge >= 0.3 is 0 Å². The number of halogens is 1. The molecule has 0 spiro atoms. The molecule has 0 saturated carbocycles. The maximum absolute atomic E-state index is 13.2. The smallest absolute Gasteiger partial charge is 0.263 e. The Bertz CT molecular complexity index is 1300. The van der Waals surface area contributed by atoms with Gasteiger partial charge in [-0.1, -0.05) is 6.92 Å². The Kier molecular flexibility index (Phi) is 6.85. The highest BCUT2D eigenvalue weighted by molar-refractivity contribution is 9.10. The lowest BCUT2D eigenvalue weighted by Crippen LogP contribution is -2.34. The Balaban J connectivity index is 1.54. The Hall–Kier alpha value is -2.72. The van der Waals surface area contributed by atoms with Crippen LogP contribution in [0.5, 0.6) is 11.5 Å². The number of amides is 1. The van der Waals surface area contributed by atoms with Crippen LogP contribution in [0, 0.1) is 5.92 Å². The fourth-order valence-electron chi connectivity index (χ4n) is 4.02. The number of nitrogens with zero attached hydrogens (tertiary/aromatic N) is 3. The van der Waals surface area contributed by atoms with Crippen LogP contribution in [0.2, 0.25) is 0 Å². The minimum absolute atomic E-state index is 0.178. The second-order valence-electron chi connectivity index (χ2n) is 8.14. The van der Waals surface area contributed by atoms with Crippen molar-refractivity contribution in [3.05, 3.63) is 49.3 Å². The summed E-state index contributed by atoms with van der Waals surface area (Å²) in [4.78, 5) is 32.4. The van der Waals surface area contributed by atoms with E-state index in [2.05, 4.69) is 38.4 Å². The van der Waals surface area contributed by atoms with Crippen molar-refractivity contribution in [1.29, 1.82) is 0 Å². The molecule has 174 valence electrons. The average molecular weight is 533 g/mol. The van der Waals surface area contributed by atoms with Gasteiger partial charge in [0.1, 0.15) is 10.9 Å². The number of carbonyl (C=O) groups excluding carboxylic acids is 1. The van der Waals surface area contributed by atoms with E-state index in [-0.39, 0.29) is 5.56 Å². The molecule has 2 aromatic heterocycles.